The normalized spacial score (nSPS) is 12.3. The molecule has 10 nitrogen and oxygen atoms in total. The highest BCUT2D eigenvalue weighted by molar-refractivity contribution is 9.10. The van der Waals surface area contributed by atoms with Crippen LogP contribution in [0.1, 0.15) is 27.8 Å². The van der Waals surface area contributed by atoms with Crippen molar-refractivity contribution in [3.8, 4) is 17.1 Å². The third-order valence-electron chi connectivity index (χ3n) is 7.88. The minimum absolute atomic E-state index is 0.0344. The van der Waals surface area contributed by atoms with Crippen molar-refractivity contribution >= 4 is 43.9 Å². The highest BCUT2D eigenvalue weighted by Gasteiger charge is 2.37. The summed E-state index contributed by atoms with van der Waals surface area (Å²) in [6.07, 6.45) is 0.460. The van der Waals surface area contributed by atoms with E-state index in [1.54, 1.807) is 7.11 Å². The number of nitrogens with zero attached hydrogens (tertiary/aromatic N) is 4. The lowest BCUT2D eigenvalue weighted by molar-refractivity contribution is 0.414. The van der Waals surface area contributed by atoms with E-state index in [9.17, 15) is 16.8 Å². The summed E-state index contributed by atoms with van der Waals surface area (Å²) in [4.78, 5) is 0.490. The second-order valence-electron chi connectivity index (χ2n) is 12.8. The fraction of sp³-hybridized carbons (Fsp3) is 0.265. The molecule has 0 saturated carbocycles. The molecule has 4 aromatic carbocycles. The molecule has 5 rings (SSSR count). The smallest absolute Gasteiger partial charge is 0.240 e. The van der Waals surface area contributed by atoms with E-state index in [4.69, 9.17) is 9.88 Å². The molecule has 1 heterocycles. The molecule has 0 fully saturated rings. The SMILES string of the molecule is COc1ccc(Cn2nnc(-c3c(Br)c(Cc4ccccc4)c(Cc4ccccc4)c(S(=O)(=O)CC[Si](C)(C)C)c3S(N)(=O)=O)n2)cc1. The van der Waals surface area contributed by atoms with Crippen LogP contribution in [0.3, 0.4) is 0 Å². The number of ether oxygens (including phenoxy) is 1. The van der Waals surface area contributed by atoms with Gasteiger partial charge in [-0.1, -0.05) is 92.4 Å². The molecule has 0 aliphatic carbocycles. The monoisotopic (exact) mass is 767 g/mol. The average Bonchev–Trinajstić information content (AvgIpc) is 3.50. The standard InChI is InChI=1S/C34H38BrN5O5S2Si/c1-45-27-17-15-26(16-18-27)23-40-38-34(37-39-40)30-31(35)28(21-24-11-7-5-8-12-24)29(22-25-13-9-6-10-14-25)32(33(30)47(36,43)44)46(41,42)19-20-48(2,3)4/h5-18H,19-23H2,1-4H3,(H2,36,43,44). The lowest BCUT2D eigenvalue weighted by Gasteiger charge is -2.24. The number of hydrogen-bond acceptors (Lipinski definition) is 8. The minimum atomic E-state index is -4.66. The molecule has 0 saturated heterocycles. The second-order valence-corrected chi connectivity index (χ2v) is 22.8. The van der Waals surface area contributed by atoms with Crippen LogP contribution in [0.15, 0.2) is 99.2 Å². The van der Waals surface area contributed by atoms with E-state index in [1.807, 2.05) is 84.9 Å². The number of benzene rings is 4. The number of halogens is 1. The number of sulfonamides is 1. The molecule has 0 aliphatic rings. The summed E-state index contributed by atoms with van der Waals surface area (Å²) in [6.45, 7) is 6.45. The summed E-state index contributed by atoms with van der Waals surface area (Å²) in [5.74, 6) is 0.398. The van der Waals surface area contributed by atoms with Crippen molar-refractivity contribution in [1.29, 1.82) is 0 Å². The molecule has 0 unspecified atom stereocenters. The van der Waals surface area contributed by atoms with Crippen molar-refractivity contribution in [2.45, 2.75) is 54.9 Å². The van der Waals surface area contributed by atoms with E-state index >= 15 is 0 Å². The molecule has 0 bridgehead atoms. The molecule has 0 radical (unpaired) electrons. The van der Waals surface area contributed by atoms with Gasteiger partial charge < -0.3 is 4.74 Å². The molecule has 0 atom stereocenters. The van der Waals surface area contributed by atoms with Crippen molar-refractivity contribution in [2.75, 3.05) is 12.9 Å². The van der Waals surface area contributed by atoms with Gasteiger partial charge in [-0.2, -0.15) is 4.80 Å². The lowest BCUT2D eigenvalue weighted by atomic mass is 9.93. The average molecular weight is 769 g/mol. The van der Waals surface area contributed by atoms with Gasteiger partial charge in [-0.25, -0.2) is 22.0 Å². The van der Waals surface area contributed by atoms with Crippen molar-refractivity contribution < 1.29 is 21.6 Å². The Morgan fingerprint density at radius 3 is 1.88 bits per heavy atom. The first-order chi connectivity index (χ1) is 22.7. The van der Waals surface area contributed by atoms with Gasteiger partial charge in [0.2, 0.25) is 15.8 Å². The molecular weight excluding hydrogens is 731 g/mol. The van der Waals surface area contributed by atoms with Crippen LogP contribution < -0.4 is 9.88 Å². The fourth-order valence-electron chi connectivity index (χ4n) is 5.39. The lowest BCUT2D eigenvalue weighted by Crippen LogP contribution is -2.27. The number of nitrogens with two attached hydrogens (primary N) is 1. The van der Waals surface area contributed by atoms with Gasteiger partial charge in [-0.05, 0) is 80.0 Å². The Morgan fingerprint density at radius 1 is 0.792 bits per heavy atom. The molecule has 14 heteroatoms. The maximum absolute atomic E-state index is 14.6. The predicted octanol–water partition coefficient (Wildman–Crippen LogP) is 6.10. The van der Waals surface area contributed by atoms with E-state index in [2.05, 4.69) is 51.0 Å². The van der Waals surface area contributed by atoms with E-state index in [-0.39, 0.29) is 35.0 Å². The summed E-state index contributed by atoms with van der Waals surface area (Å²) in [5.41, 5.74) is 3.51. The minimum Gasteiger partial charge on any atom is -0.497 e. The van der Waals surface area contributed by atoms with Gasteiger partial charge in [0.25, 0.3) is 0 Å². The van der Waals surface area contributed by atoms with Crippen molar-refractivity contribution in [3.05, 3.63) is 117 Å². The summed E-state index contributed by atoms with van der Waals surface area (Å²) >= 11 is 3.71. The fourth-order valence-corrected chi connectivity index (χ4v) is 12.5. The number of aromatic nitrogens is 4. The summed E-state index contributed by atoms with van der Waals surface area (Å²) in [7, 11) is -9.16. The molecule has 5 aromatic rings. The largest absolute Gasteiger partial charge is 0.497 e. The van der Waals surface area contributed by atoms with Crippen molar-refractivity contribution in [3.63, 3.8) is 0 Å². The first kappa shape index (κ1) is 35.6. The number of tetrazole rings is 1. The van der Waals surface area contributed by atoms with Gasteiger partial charge in [0.15, 0.2) is 9.84 Å². The summed E-state index contributed by atoms with van der Waals surface area (Å²) in [6, 6.07) is 26.7. The zero-order chi connectivity index (χ0) is 34.7. The molecule has 1 aromatic heterocycles. The zero-order valence-electron chi connectivity index (χ0n) is 27.2. The Bertz CT molecular complexity index is 2120. The predicted molar refractivity (Wildman–Crippen MR) is 193 cm³/mol. The van der Waals surface area contributed by atoms with Crippen LogP contribution in [0.4, 0.5) is 0 Å². The Balaban J connectivity index is 1.81. The molecule has 0 spiro atoms. The molecule has 0 aliphatic heterocycles. The zero-order valence-corrected chi connectivity index (χ0v) is 31.4. The first-order valence-corrected chi connectivity index (χ1v) is 23.0. The number of primary sulfonamides is 1. The third kappa shape index (κ3) is 8.47. The van der Waals surface area contributed by atoms with Crippen molar-refractivity contribution in [1.82, 2.24) is 20.2 Å². The van der Waals surface area contributed by atoms with Gasteiger partial charge in [-0.15, -0.1) is 10.2 Å². The summed E-state index contributed by atoms with van der Waals surface area (Å²) in [5, 5.41) is 19.0. The van der Waals surface area contributed by atoms with Crippen LogP contribution in [-0.2, 0) is 39.2 Å². The van der Waals surface area contributed by atoms with Crippen LogP contribution in [0.2, 0.25) is 25.7 Å². The van der Waals surface area contributed by atoms with Gasteiger partial charge in [0, 0.05) is 12.5 Å². The van der Waals surface area contributed by atoms with E-state index in [0.29, 0.717) is 33.8 Å². The van der Waals surface area contributed by atoms with Crippen LogP contribution in [0.25, 0.3) is 11.4 Å². The van der Waals surface area contributed by atoms with Gasteiger partial charge in [-0.3, -0.25) is 0 Å². The summed E-state index contributed by atoms with van der Waals surface area (Å²) < 4.78 is 62.1. The molecule has 252 valence electrons. The van der Waals surface area contributed by atoms with Gasteiger partial charge in [0.05, 0.1) is 29.9 Å². The van der Waals surface area contributed by atoms with Gasteiger partial charge >= 0.3 is 0 Å². The maximum Gasteiger partial charge on any atom is 0.240 e. The molecular formula is C34H38BrN5O5S2Si. The second kappa shape index (κ2) is 14.4. The molecule has 2 N–H and O–H groups in total. The van der Waals surface area contributed by atoms with E-state index < -0.39 is 32.8 Å². The Kier molecular flexibility index (Phi) is 10.7. The number of hydrogen-bond donors (Lipinski definition) is 1. The quantitative estimate of drug-likeness (QED) is 0.142. The maximum atomic E-state index is 14.6. The number of methoxy groups -OCH3 is 1. The number of rotatable bonds is 13. The Labute approximate surface area is 291 Å². The van der Waals surface area contributed by atoms with E-state index in [1.165, 1.54) is 4.80 Å². The highest BCUT2D eigenvalue weighted by Crippen LogP contribution is 2.44. The van der Waals surface area contributed by atoms with E-state index in [0.717, 1.165) is 16.7 Å². The van der Waals surface area contributed by atoms with Crippen molar-refractivity contribution in [2.24, 2.45) is 5.14 Å². The number of sulfone groups is 1. The highest BCUT2D eigenvalue weighted by atomic mass is 79.9. The first-order valence-electron chi connectivity index (χ1n) is 15.3. The Hall–Kier alpha value is -3.69. The Morgan fingerprint density at radius 2 is 1.35 bits per heavy atom. The van der Waals surface area contributed by atoms with Crippen LogP contribution in [0, 0.1) is 0 Å². The molecule has 0 amide bonds. The third-order valence-corrected chi connectivity index (χ3v) is 13.8. The topological polar surface area (TPSA) is 147 Å². The van der Waals surface area contributed by atoms with Crippen LogP contribution in [0.5, 0.6) is 5.75 Å². The molecule has 48 heavy (non-hydrogen) atoms. The van der Waals surface area contributed by atoms with Crippen LogP contribution in [-0.4, -0.2) is 58.0 Å². The van der Waals surface area contributed by atoms with Crippen LogP contribution >= 0.6 is 15.9 Å². The van der Waals surface area contributed by atoms with Gasteiger partial charge in [0.1, 0.15) is 10.6 Å².